The summed E-state index contributed by atoms with van der Waals surface area (Å²) in [5.74, 6) is -1.55. The van der Waals surface area contributed by atoms with Gasteiger partial charge in [-0.1, -0.05) is 30.3 Å². The number of benzene rings is 2. The normalized spacial score (nSPS) is 11.5. The number of ether oxygens (including phenoxy) is 1. The Morgan fingerprint density at radius 2 is 1.83 bits per heavy atom. The molecule has 0 saturated carbocycles. The van der Waals surface area contributed by atoms with Crippen molar-refractivity contribution in [3.8, 4) is 11.5 Å². The van der Waals surface area contributed by atoms with Crippen LogP contribution in [0.15, 0.2) is 48.5 Å². The summed E-state index contributed by atoms with van der Waals surface area (Å²) in [6, 6.07) is 12.0. The minimum absolute atomic E-state index is 0.0586. The molecular formula is C17H17NO5. The highest BCUT2D eigenvalue weighted by atomic mass is 16.5. The Kier molecular flexibility index (Phi) is 5.19. The van der Waals surface area contributed by atoms with E-state index in [9.17, 15) is 19.8 Å². The Labute approximate surface area is 133 Å². The fourth-order valence-electron chi connectivity index (χ4n) is 2.15. The van der Waals surface area contributed by atoms with Gasteiger partial charge in [-0.15, -0.1) is 0 Å². The van der Waals surface area contributed by atoms with E-state index < -0.39 is 17.9 Å². The fraction of sp³-hybridized carbons (Fsp3) is 0.176. The van der Waals surface area contributed by atoms with Gasteiger partial charge in [0.1, 0.15) is 6.04 Å². The number of methoxy groups -OCH3 is 1. The van der Waals surface area contributed by atoms with Crippen LogP contribution in [0.5, 0.6) is 11.5 Å². The van der Waals surface area contributed by atoms with Crippen LogP contribution in [0.2, 0.25) is 0 Å². The third-order valence-electron chi connectivity index (χ3n) is 3.37. The first-order chi connectivity index (χ1) is 11.0. The number of amides is 1. The Balaban J connectivity index is 2.17. The number of carboxylic acids is 1. The molecule has 23 heavy (non-hydrogen) atoms. The first-order valence-electron chi connectivity index (χ1n) is 6.96. The van der Waals surface area contributed by atoms with Crippen LogP contribution in [0.25, 0.3) is 0 Å². The zero-order valence-electron chi connectivity index (χ0n) is 12.5. The molecule has 0 saturated heterocycles. The predicted octanol–water partition coefficient (Wildman–Crippen LogP) is 1.83. The number of hydrogen-bond acceptors (Lipinski definition) is 4. The molecule has 2 aromatic rings. The summed E-state index contributed by atoms with van der Waals surface area (Å²) in [5.41, 5.74) is 0.749. The number of rotatable bonds is 6. The number of para-hydroxylation sites is 1. The van der Waals surface area contributed by atoms with E-state index in [1.165, 1.54) is 7.11 Å². The molecule has 6 heteroatoms. The highest BCUT2D eigenvalue weighted by molar-refractivity contribution is 5.96. The smallest absolute Gasteiger partial charge is 0.326 e. The van der Waals surface area contributed by atoms with Crippen LogP contribution in [0.3, 0.4) is 0 Å². The number of phenols is 1. The van der Waals surface area contributed by atoms with E-state index in [1.807, 2.05) is 0 Å². The molecule has 0 bridgehead atoms. The lowest BCUT2D eigenvalue weighted by atomic mass is 10.0. The van der Waals surface area contributed by atoms with Crippen molar-refractivity contribution in [1.82, 2.24) is 5.32 Å². The van der Waals surface area contributed by atoms with Gasteiger partial charge in [0, 0.05) is 17.5 Å². The van der Waals surface area contributed by atoms with Crippen molar-refractivity contribution >= 4 is 11.9 Å². The van der Waals surface area contributed by atoms with Crippen LogP contribution >= 0.6 is 0 Å². The van der Waals surface area contributed by atoms with Crippen molar-refractivity contribution < 1.29 is 24.5 Å². The molecule has 1 atom stereocenters. The molecule has 0 aromatic heterocycles. The molecule has 0 aliphatic rings. The highest BCUT2D eigenvalue weighted by Crippen LogP contribution is 2.30. The maximum Gasteiger partial charge on any atom is 0.326 e. The van der Waals surface area contributed by atoms with E-state index in [0.29, 0.717) is 11.1 Å². The molecule has 2 rings (SSSR count). The standard InChI is InChI=1S/C17H17NO5/c1-23-14-9-5-8-12(15(14)19)10-13(17(21)22)18-16(20)11-6-3-2-4-7-11/h2-9,13,19H,10H2,1H3,(H,18,20)(H,21,22)/t13-/m1/s1. The Morgan fingerprint density at radius 1 is 1.13 bits per heavy atom. The monoisotopic (exact) mass is 315 g/mol. The molecule has 120 valence electrons. The van der Waals surface area contributed by atoms with Crippen molar-refractivity contribution in [2.75, 3.05) is 7.11 Å². The average Bonchev–Trinajstić information content (AvgIpc) is 2.56. The maximum absolute atomic E-state index is 12.1. The first kappa shape index (κ1) is 16.4. The lowest BCUT2D eigenvalue weighted by Gasteiger charge is -2.16. The Hall–Kier alpha value is -3.02. The van der Waals surface area contributed by atoms with Gasteiger partial charge in [-0.2, -0.15) is 0 Å². The molecule has 2 aromatic carbocycles. The van der Waals surface area contributed by atoms with Crippen LogP contribution in [-0.4, -0.2) is 35.2 Å². The van der Waals surface area contributed by atoms with E-state index >= 15 is 0 Å². The van der Waals surface area contributed by atoms with Crippen molar-refractivity contribution in [2.24, 2.45) is 0 Å². The van der Waals surface area contributed by atoms with Crippen LogP contribution < -0.4 is 10.1 Å². The van der Waals surface area contributed by atoms with E-state index in [2.05, 4.69) is 5.32 Å². The summed E-state index contributed by atoms with van der Waals surface area (Å²) in [4.78, 5) is 23.5. The molecule has 6 nitrogen and oxygen atoms in total. The minimum atomic E-state index is -1.18. The number of hydrogen-bond donors (Lipinski definition) is 3. The molecule has 0 fully saturated rings. The number of nitrogens with one attached hydrogen (secondary N) is 1. The second kappa shape index (κ2) is 7.31. The van der Waals surface area contributed by atoms with Gasteiger partial charge >= 0.3 is 5.97 Å². The Bertz CT molecular complexity index is 699. The van der Waals surface area contributed by atoms with Crippen molar-refractivity contribution in [3.05, 3.63) is 59.7 Å². The first-order valence-corrected chi connectivity index (χ1v) is 6.96. The van der Waals surface area contributed by atoms with Gasteiger partial charge in [0.05, 0.1) is 7.11 Å². The molecule has 0 aliphatic carbocycles. The van der Waals surface area contributed by atoms with Gasteiger partial charge < -0.3 is 20.3 Å². The van der Waals surface area contributed by atoms with Crippen LogP contribution in [-0.2, 0) is 11.2 Å². The van der Waals surface area contributed by atoms with Gasteiger partial charge in [-0.3, -0.25) is 4.79 Å². The van der Waals surface area contributed by atoms with Gasteiger partial charge in [0.15, 0.2) is 11.5 Å². The second-order valence-corrected chi connectivity index (χ2v) is 4.90. The summed E-state index contributed by atoms with van der Waals surface area (Å²) >= 11 is 0. The van der Waals surface area contributed by atoms with E-state index in [0.717, 1.165) is 0 Å². The quantitative estimate of drug-likeness (QED) is 0.756. The maximum atomic E-state index is 12.1. The summed E-state index contributed by atoms with van der Waals surface area (Å²) in [6.07, 6.45) is -0.0586. The van der Waals surface area contributed by atoms with Gasteiger partial charge in [-0.05, 0) is 18.2 Å². The van der Waals surface area contributed by atoms with E-state index in [-0.39, 0.29) is 17.9 Å². The van der Waals surface area contributed by atoms with Crippen LogP contribution in [0.1, 0.15) is 15.9 Å². The average molecular weight is 315 g/mol. The van der Waals surface area contributed by atoms with Gasteiger partial charge in [0.2, 0.25) is 0 Å². The SMILES string of the molecule is COc1cccc(C[C@@H](NC(=O)c2ccccc2)C(=O)O)c1O. The molecule has 0 radical (unpaired) electrons. The number of aromatic hydroxyl groups is 1. The molecular weight excluding hydrogens is 298 g/mol. The summed E-state index contributed by atoms with van der Waals surface area (Å²) < 4.78 is 4.99. The van der Waals surface area contributed by atoms with Crippen molar-refractivity contribution in [3.63, 3.8) is 0 Å². The van der Waals surface area contributed by atoms with Gasteiger partial charge in [0.25, 0.3) is 5.91 Å². The molecule has 3 N–H and O–H groups in total. The minimum Gasteiger partial charge on any atom is -0.504 e. The molecule has 0 unspecified atom stereocenters. The Morgan fingerprint density at radius 3 is 2.43 bits per heavy atom. The largest absolute Gasteiger partial charge is 0.504 e. The summed E-state index contributed by atoms with van der Waals surface area (Å²) in [5, 5.41) is 21.8. The lowest BCUT2D eigenvalue weighted by molar-refractivity contribution is -0.139. The lowest BCUT2D eigenvalue weighted by Crippen LogP contribution is -2.42. The third-order valence-corrected chi connectivity index (χ3v) is 3.37. The van der Waals surface area contributed by atoms with Crippen molar-refractivity contribution in [2.45, 2.75) is 12.5 Å². The third kappa shape index (κ3) is 4.00. The number of phenolic OH excluding ortho intramolecular Hbond substituents is 1. The van der Waals surface area contributed by atoms with Crippen molar-refractivity contribution in [1.29, 1.82) is 0 Å². The zero-order chi connectivity index (χ0) is 16.8. The zero-order valence-corrected chi connectivity index (χ0v) is 12.5. The molecule has 0 spiro atoms. The highest BCUT2D eigenvalue weighted by Gasteiger charge is 2.23. The number of aliphatic carboxylic acids is 1. The van der Waals surface area contributed by atoms with E-state index in [4.69, 9.17) is 4.74 Å². The van der Waals surface area contributed by atoms with Crippen LogP contribution in [0.4, 0.5) is 0 Å². The topological polar surface area (TPSA) is 95.9 Å². The molecule has 0 heterocycles. The van der Waals surface area contributed by atoms with Gasteiger partial charge in [-0.25, -0.2) is 4.79 Å². The van der Waals surface area contributed by atoms with Crippen LogP contribution in [0, 0.1) is 0 Å². The number of carbonyl (C=O) groups is 2. The molecule has 0 aliphatic heterocycles. The summed E-state index contributed by atoms with van der Waals surface area (Å²) in [7, 11) is 1.41. The number of carboxylic acid groups (broad SMARTS) is 1. The number of carbonyl (C=O) groups excluding carboxylic acids is 1. The fourth-order valence-corrected chi connectivity index (χ4v) is 2.15. The second-order valence-electron chi connectivity index (χ2n) is 4.90. The van der Waals surface area contributed by atoms with E-state index in [1.54, 1.807) is 48.5 Å². The summed E-state index contributed by atoms with van der Waals surface area (Å²) in [6.45, 7) is 0. The molecule has 1 amide bonds. The predicted molar refractivity (Wildman–Crippen MR) is 83.7 cm³/mol.